The molecule has 0 aromatic heterocycles. The van der Waals surface area contributed by atoms with Crippen molar-refractivity contribution < 1.29 is 0 Å². The van der Waals surface area contributed by atoms with Crippen LogP contribution in [0.2, 0.25) is 0 Å². The number of aryl methyl sites for hydroxylation is 2. The van der Waals surface area contributed by atoms with Crippen LogP contribution in [0.4, 0.5) is 0 Å². The van der Waals surface area contributed by atoms with E-state index >= 15 is 0 Å². The smallest absolute Gasteiger partial charge is 0.0276 e. The van der Waals surface area contributed by atoms with E-state index < -0.39 is 0 Å². The molecule has 0 heteroatoms. The van der Waals surface area contributed by atoms with Gasteiger partial charge in [-0.3, -0.25) is 0 Å². The molecule has 0 aliphatic heterocycles. The minimum absolute atomic E-state index is 0.810. The topological polar surface area (TPSA) is 0 Å². The standard InChI is InChI=1S/C13H20/c1-4-12-6-5-7-13(10-12)9-8-11(2)3/h5-7,10-11H,4,8-9H2,1-3H3. The normalized spacial score (nSPS) is 10.8. The maximum atomic E-state index is 2.34. The summed E-state index contributed by atoms with van der Waals surface area (Å²) >= 11 is 0. The number of hydrogen-bond acceptors (Lipinski definition) is 0. The molecule has 0 heterocycles. The zero-order chi connectivity index (χ0) is 9.68. The predicted octanol–water partition coefficient (Wildman–Crippen LogP) is 3.84. The van der Waals surface area contributed by atoms with Gasteiger partial charge in [0.1, 0.15) is 0 Å². The average Bonchev–Trinajstić information content (AvgIpc) is 2.15. The van der Waals surface area contributed by atoms with E-state index in [2.05, 4.69) is 45.0 Å². The Bertz CT molecular complexity index is 248. The van der Waals surface area contributed by atoms with Crippen LogP contribution in [0.15, 0.2) is 24.3 Å². The molecule has 1 rings (SSSR count). The molecule has 0 aliphatic carbocycles. The Kier molecular flexibility index (Phi) is 4.01. The maximum absolute atomic E-state index is 2.34. The number of rotatable bonds is 4. The lowest BCUT2D eigenvalue weighted by molar-refractivity contribution is 0.586. The Hall–Kier alpha value is -0.780. The molecule has 1 aromatic rings. The van der Waals surface area contributed by atoms with E-state index in [-0.39, 0.29) is 0 Å². The van der Waals surface area contributed by atoms with Gasteiger partial charge in [0.25, 0.3) is 0 Å². The van der Waals surface area contributed by atoms with E-state index in [1.807, 2.05) is 0 Å². The fraction of sp³-hybridized carbons (Fsp3) is 0.538. The van der Waals surface area contributed by atoms with Crippen molar-refractivity contribution in [3.63, 3.8) is 0 Å². The van der Waals surface area contributed by atoms with Crippen LogP contribution in [0.3, 0.4) is 0 Å². The lowest BCUT2D eigenvalue weighted by atomic mass is 10.0. The van der Waals surface area contributed by atoms with Crippen LogP contribution in [0.1, 0.15) is 38.3 Å². The van der Waals surface area contributed by atoms with Gasteiger partial charge in [-0.25, -0.2) is 0 Å². The largest absolute Gasteiger partial charge is 0.0628 e. The first-order chi connectivity index (χ1) is 6.22. The van der Waals surface area contributed by atoms with E-state index in [4.69, 9.17) is 0 Å². The van der Waals surface area contributed by atoms with Crippen LogP contribution in [0.5, 0.6) is 0 Å². The van der Waals surface area contributed by atoms with Gasteiger partial charge in [0.2, 0.25) is 0 Å². The summed E-state index contributed by atoms with van der Waals surface area (Å²) in [5, 5.41) is 0. The summed E-state index contributed by atoms with van der Waals surface area (Å²) in [5.41, 5.74) is 2.95. The second-order valence-electron chi connectivity index (χ2n) is 4.11. The van der Waals surface area contributed by atoms with Gasteiger partial charge >= 0.3 is 0 Å². The van der Waals surface area contributed by atoms with Crippen LogP contribution in [0.25, 0.3) is 0 Å². The Morgan fingerprint density at radius 1 is 1.15 bits per heavy atom. The molecule has 0 unspecified atom stereocenters. The van der Waals surface area contributed by atoms with Gasteiger partial charge in [-0.15, -0.1) is 0 Å². The molecule has 1 aromatic carbocycles. The van der Waals surface area contributed by atoms with Gasteiger partial charge in [0, 0.05) is 0 Å². The van der Waals surface area contributed by atoms with Gasteiger partial charge in [-0.1, -0.05) is 45.0 Å². The van der Waals surface area contributed by atoms with Crippen LogP contribution in [-0.4, -0.2) is 0 Å². The van der Waals surface area contributed by atoms with Gasteiger partial charge in [0.15, 0.2) is 0 Å². The third-order valence-corrected chi connectivity index (χ3v) is 2.41. The zero-order valence-electron chi connectivity index (χ0n) is 9.01. The summed E-state index contributed by atoms with van der Waals surface area (Å²) in [6.45, 7) is 6.77. The Morgan fingerprint density at radius 2 is 1.85 bits per heavy atom. The Balaban J connectivity index is 2.56. The highest BCUT2D eigenvalue weighted by Crippen LogP contribution is 2.11. The monoisotopic (exact) mass is 176 g/mol. The second kappa shape index (κ2) is 5.06. The summed E-state index contributed by atoms with van der Waals surface area (Å²) in [6.07, 6.45) is 3.67. The summed E-state index contributed by atoms with van der Waals surface area (Å²) in [6, 6.07) is 8.96. The highest BCUT2D eigenvalue weighted by atomic mass is 14.0. The van der Waals surface area contributed by atoms with Gasteiger partial charge in [-0.05, 0) is 36.3 Å². The fourth-order valence-corrected chi connectivity index (χ4v) is 1.46. The van der Waals surface area contributed by atoms with Crippen LogP contribution >= 0.6 is 0 Å². The second-order valence-corrected chi connectivity index (χ2v) is 4.11. The molecule has 0 amide bonds. The molecule has 0 spiro atoms. The summed E-state index contributed by atoms with van der Waals surface area (Å²) < 4.78 is 0. The van der Waals surface area contributed by atoms with Crippen LogP contribution in [-0.2, 0) is 12.8 Å². The lowest BCUT2D eigenvalue weighted by Gasteiger charge is -2.05. The molecule has 0 saturated carbocycles. The third kappa shape index (κ3) is 3.63. The lowest BCUT2D eigenvalue weighted by Crippen LogP contribution is -1.92. The highest BCUT2D eigenvalue weighted by molar-refractivity contribution is 5.23. The molecule has 0 saturated heterocycles. The van der Waals surface area contributed by atoms with Crippen LogP contribution < -0.4 is 0 Å². The van der Waals surface area contributed by atoms with Gasteiger partial charge < -0.3 is 0 Å². The molecule has 0 aliphatic rings. The summed E-state index contributed by atoms with van der Waals surface area (Å²) in [7, 11) is 0. The van der Waals surface area contributed by atoms with Gasteiger partial charge in [0.05, 0.1) is 0 Å². The number of hydrogen-bond donors (Lipinski definition) is 0. The zero-order valence-corrected chi connectivity index (χ0v) is 9.01. The van der Waals surface area contributed by atoms with Crippen molar-refractivity contribution in [1.29, 1.82) is 0 Å². The molecule has 72 valence electrons. The molecule has 0 nitrogen and oxygen atoms in total. The highest BCUT2D eigenvalue weighted by Gasteiger charge is 1.97. The molecule has 0 bridgehead atoms. The van der Waals surface area contributed by atoms with Crippen molar-refractivity contribution in [1.82, 2.24) is 0 Å². The molecule has 0 atom stereocenters. The Labute approximate surface area is 82.0 Å². The molecular formula is C13H20. The molecule has 13 heavy (non-hydrogen) atoms. The fourth-order valence-electron chi connectivity index (χ4n) is 1.46. The van der Waals surface area contributed by atoms with Crippen molar-refractivity contribution >= 4 is 0 Å². The Morgan fingerprint density at radius 3 is 2.46 bits per heavy atom. The minimum atomic E-state index is 0.810. The van der Waals surface area contributed by atoms with Gasteiger partial charge in [-0.2, -0.15) is 0 Å². The summed E-state index contributed by atoms with van der Waals surface area (Å²) in [4.78, 5) is 0. The van der Waals surface area contributed by atoms with Crippen molar-refractivity contribution in [3.05, 3.63) is 35.4 Å². The van der Waals surface area contributed by atoms with Crippen molar-refractivity contribution in [2.75, 3.05) is 0 Å². The first-order valence-electron chi connectivity index (χ1n) is 5.30. The van der Waals surface area contributed by atoms with E-state index in [1.165, 1.54) is 24.0 Å². The molecule has 0 radical (unpaired) electrons. The van der Waals surface area contributed by atoms with E-state index in [0.29, 0.717) is 0 Å². The first kappa shape index (κ1) is 10.3. The van der Waals surface area contributed by atoms with E-state index in [0.717, 1.165) is 12.3 Å². The number of benzene rings is 1. The van der Waals surface area contributed by atoms with Crippen LogP contribution in [0, 0.1) is 5.92 Å². The minimum Gasteiger partial charge on any atom is -0.0628 e. The maximum Gasteiger partial charge on any atom is -0.0276 e. The summed E-state index contributed by atoms with van der Waals surface area (Å²) in [5.74, 6) is 0.810. The van der Waals surface area contributed by atoms with Crippen molar-refractivity contribution in [2.24, 2.45) is 5.92 Å². The average molecular weight is 176 g/mol. The predicted molar refractivity (Wildman–Crippen MR) is 59.0 cm³/mol. The molecular weight excluding hydrogens is 156 g/mol. The van der Waals surface area contributed by atoms with Crippen molar-refractivity contribution in [2.45, 2.75) is 40.0 Å². The van der Waals surface area contributed by atoms with Crippen molar-refractivity contribution in [3.8, 4) is 0 Å². The first-order valence-corrected chi connectivity index (χ1v) is 5.30. The third-order valence-electron chi connectivity index (χ3n) is 2.41. The SMILES string of the molecule is CCc1cccc(CCC(C)C)c1. The molecule has 0 N–H and O–H groups in total. The molecule has 0 fully saturated rings. The van der Waals surface area contributed by atoms with E-state index in [1.54, 1.807) is 0 Å². The quantitative estimate of drug-likeness (QED) is 0.654. The van der Waals surface area contributed by atoms with E-state index in [9.17, 15) is 0 Å².